The molecule has 0 aliphatic carbocycles. The highest BCUT2D eigenvalue weighted by molar-refractivity contribution is 8.00. The number of hydrogen-bond acceptors (Lipinski definition) is 4. The molecular weight excluding hydrogens is 376 g/mol. The molecule has 1 heterocycles. The molecule has 0 unspecified atom stereocenters. The number of fused-ring (bicyclic) bond motifs is 1. The van der Waals surface area contributed by atoms with Crippen LogP contribution in [0.15, 0.2) is 59.5 Å². The number of amides is 1. The number of thiocarbonyl (C=S) groups is 1. The average Bonchev–Trinajstić information content (AvgIpc) is 2.66. The highest BCUT2D eigenvalue weighted by atomic mass is 32.2. The number of benzene rings is 2. The number of aryl methyl sites for hydroxylation is 2. The van der Waals surface area contributed by atoms with Gasteiger partial charge in [-0.05, 0) is 49.8 Å². The first-order chi connectivity index (χ1) is 13.0. The number of para-hydroxylation sites is 2. The minimum absolute atomic E-state index is 0.160. The Hall–Kier alpha value is -2.64. The molecule has 0 aliphatic heterocycles. The van der Waals surface area contributed by atoms with Gasteiger partial charge in [0.1, 0.15) is 0 Å². The van der Waals surface area contributed by atoms with Crippen LogP contribution in [-0.2, 0) is 4.79 Å². The van der Waals surface area contributed by atoms with Crippen molar-refractivity contribution in [2.75, 3.05) is 11.1 Å². The van der Waals surface area contributed by atoms with Gasteiger partial charge in [0.05, 0.1) is 11.3 Å². The van der Waals surface area contributed by atoms with Gasteiger partial charge in [-0.15, -0.1) is 11.8 Å². The molecular formula is C20H20N4OS2. The van der Waals surface area contributed by atoms with Gasteiger partial charge in [-0.2, -0.15) is 0 Å². The maximum Gasteiger partial charge on any atom is 0.248 e. The third-order valence-corrected chi connectivity index (χ3v) is 5.10. The number of hydrogen-bond donors (Lipinski definition) is 3. The van der Waals surface area contributed by atoms with Crippen LogP contribution in [0.3, 0.4) is 0 Å². The second-order valence-corrected chi connectivity index (χ2v) is 7.44. The molecule has 0 fully saturated rings. The van der Waals surface area contributed by atoms with Gasteiger partial charge in [-0.25, -0.2) is 0 Å². The van der Waals surface area contributed by atoms with Crippen LogP contribution in [0.5, 0.6) is 0 Å². The lowest BCUT2D eigenvalue weighted by Gasteiger charge is -2.12. The first-order valence-electron chi connectivity index (χ1n) is 8.43. The van der Waals surface area contributed by atoms with Crippen LogP contribution in [0, 0.1) is 13.8 Å². The van der Waals surface area contributed by atoms with E-state index in [9.17, 15) is 4.79 Å². The fourth-order valence-corrected chi connectivity index (χ4v) is 3.69. The Labute approximate surface area is 167 Å². The first kappa shape index (κ1) is 19.1. The van der Waals surface area contributed by atoms with Crippen LogP contribution in [0.25, 0.3) is 10.9 Å². The molecule has 3 rings (SSSR count). The van der Waals surface area contributed by atoms with E-state index < -0.39 is 0 Å². The Kier molecular flexibility index (Phi) is 6.26. The van der Waals surface area contributed by atoms with E-state index in [0.717, 1.165) is 32.7 Å². The molecule has 0 radical (unpaired) electrons. The quantitative estimate of drug-likeness (QED) is 0.352. The zero-order valence-electron chi connectivity index (χ0n) is 15.1. The van der Waals surface area contributed by atoms with E-state index >= 15 is 0 Å². The number of aromatic nitrogens is 1. The largest absolute Gasteiger partial charge is 0.331 e. The van der Waals surface area contributed by atoms with Gasteiger partial charge in [0, 0.05) is 21.7 Å². The number of rotatable bonds is 4. The molecule has 0 saturated heterocycles. The van der Waals surface area contributed by atoms with Gasteiger partial charge in [-0.3, -0.25) is 20.6 Å². The molecule has 138 valence electrons. The fourth-order valence-electron chi connectivity index (χ4n) is 2.59. The summed E-state index contributed by atoms with van der Waals surface area (Å²) >= 11 is 6.66. The molecule has 7 heteroatoms. The van der Waals surface area contributed by atoms with E-state index in [1.54, 1.807) is 0 Å². The van der Waals surface area contributed by atoms with E-state index in [0.29, 0.717) is 5.11 Å². The second-order valence-electron chi connectivity index (χ2n) is 6.01. The van der Waals surface area contributed by atoms with E-state index in [2.05, 4.69) is 21.2 Å². The number of carbonyl (C=O) groups is 1. The Bertz CT molecular complexity index is 976. The van der Waals surface area contributed by atoms with Crippen molar-refractivity contribution in [1.82, 2.24) is 15.8 Å². The van der Waals surface area contributed by atoms with Crippen molar-refractivity contribution >= 4 is 51.6 Å². The molecule has 0 saturated carbocycles. The minimum Gasteiger partial charge on any atom is -0.331 e. The van der Waals surface area contributed by atoms with E-state index in [4.69, 9.17) is 12.2 Å². The topological polar surface area (TPSA) is 66.1 Å². The van der Waals surface area contributed by atoms with Crippen molar-refractivity contribution in [3.8, 4) is 0 Å². The summed E-state index contributed by atoms with van der Waals surface area (Å²) in [6.45, 7) is 4.01. The summed E-state index contributed by atoms with van der Waals surface area (Å²) in [6.07, 6.45) is 0. The highest BCUT2D eigenvalue weighted by Crippen LogP contribution is 2.29. The minimum atomic E-state index is -0.160. The van der Waals surface area contributed by atoms with Crippen molar-refractivity contribution in [2.24, 2.45) is 0 Å². The van der Waals surface area contributed by atoms with Gasteiger partial charge in [0.2, 0.25) is 5.91 Å². The molecule has 0 bridgehead atoms. The number of nitrogens with one attached hydrogen (secondary N) is 3. The zero-order valence-corrected chi connectivity index (χ0v) is 16.7. The fraction of sp³-hybridized carbons (Fsp3) is 0.150. The molecule has 1 amide bonds. The summed E-state index contributed by atoms with van der Waals surface area (Å²) in [5.74, 6) is 0.112. The maximum absolute atomic E-state index is 12.2. The molecule has 1 aromatic heterocycles. The van der Waals surface area contributed by atoms with Crippen LogP contribution in [0.4, 0.5) is 5.69 Å². The number of hydrazine groups is 1. The van der Waals surface area contributed by atoms with Gasteiger partial charge in [0.25, 0.3) is 0 Å². The lowest BCUT2D eigenvalue weighted by molar-refractivity contribution is -0.119. The molecule has 0 aliphatic rings. The molecule has 5 nitrogen and oxygen atoms in total. The SMILES string of the molecule is Cc1cc(SCC(=O)NNC(=S)Nc2ccccc2)c2cccc(C)c2n1. The molecule has 2 aromatic carbocycles. The predicted octanol–water partition coefficient (Wildman–Crippen LogP) is 3.96. The molecule has 0 atom stereocenters. The lowest BCUT2D eigenvalue weighted by atomic mass is 10.1. The maximum atomic E-state index is 12.2. The standard InChI is InChI=1S/C20H20N4OS2/c1-13-7-6-10-16-17(11-14(2)21-19(13)16)27-12-18(25)23-24-20(26)22-15-8-4-3-5-9-15/h3-11H,12H2,1-2H3,(H,23,25)(H2,22,24,26). The van der Waals surface area contributed by atoms with Crippen molar-refractivity contribution in [2.45, 2.75) is 18.7 Å². The van der Waals surface area contributed by atoms with E-state index in [1.807, 2.05) is 68.4 Å². The van der Waals surface area contributed by atoms with Gasteiger partial charge >= 0.3 is 0 Å². The molecule has 3 aromatic rings. The van der Waals surface area contributed by atoms with Crippen LogP contribution >= 0.6 is 24.0 Å². The first-order valence-corrected chi connectivity index (χ1v) is 9.83. The molecule has 0 spiro atoms. The Morgan fingerprint density at radius 1 is 1.07 bits per heavy atom. The lowest BCUT2D eigenvalue weighted by Crippen LogP contribution is -2.44. The van der Waals surface area contributed by atoms with Crippen molar-refractivity contribution in [3.05, 3.63) is 65.9 Å². The van der Waals surface area contributed by atoms with Crippen molar-refractivity contribution < 1.29 is 4.79 Å². The summed E-state index contributed by atoms with van der Waals surface area (Å²) < 4.78 is 0. The smallest absolute Gasteiger partial charge is 0.248 e. The van der Waals surface area contributed by atoms with Gasteiger partial charge in [0.15, 0.2) is 5.11 Å². The number of thioether (sulfide) groups is 1. The monoisotopic (exact) mass is 396 g/mol. The third-order valence-electron chi connectivity index (χ3n) is 3.84. The molecule has 3 N–H and O–H groups in total. The second kappa shape index (κ2) is 8.83. The zero-order chi connectivity index (χ0) is 19.2. The number of anilines is 1. The van der Waals surface area contributed by atoms with Crippen LogP contribution in [0.1, 0.15) is 11.3 Å². The predicted molar refractivity (Wildman–Crippen MR) is 116 cm³/mol. The summed E-state index contributed by atoms with van der Waals surface area (Å²) in [6, 6.07) is 17.6. The Morgan fingerprint density at radius 2 is 1.85 bits per heavy atom. The summed E-state index contributed by atoms with van der Waals surface area (Å²) in [5, 5.41) is 4.40. The average molecular weight is 397 g/mol. The normalized spacial score (nSPS) is 10.4. The Morgan fingerprint density at radius 3 is 2.63 bits per heavy atom. The number of carbonyl (C=O) groups excluding carboxylic acids is 1. The van der Waals surface area contributed by atoms with Crippen molar-refractivity contribution in [3.63, 3.8) is 0 Å². The number of nitrogens with zero attached hydrogens (tertiary/aromatic N) is 1. The van der Waals surface area contributed by atoms with E-state index in [1.165, 1.54) is 11.8 Å². The summed E-state index contributed by atoms with van der Waals surface area (Å²) in [4.78, 5) is 17.8. The van der Waals surface area contributed by atoms with E-state index in [-0.39, 0.29) is 11.7 Å². The van der Waals surface area contributed by atoms with Crippen LogP contribution in [-0.4, -0.2) is 21.8 Å². The third kappa shape index (κ3) is 5.18. The van der Waals surface area contributed by atoms with Crippen LogP contribution < -0.4 is 16.2 Å². The van der Waals surface area contributed by atoms with Crippen LogP contribution in [0.2, 0.25) is 0 Å². The van der Waals surface area contributed by atoms with Gasteiger partial charge in [-0.1, -0.05) is 36.4 Å². The summed E-state index contributed by atoms with van der Waals surface area (Å²) in [5.41, 5.74) is 9.23. The Balaban J connectivity index is 1.56. The number of pyridine rings is 1. The molecule has 27 heavy (non-hydrogen) atoms. The highest BCUT2D eigenvalue weighted by Gasteiger charge is 2.09. The van der Waals surface area contributed by atoms with Gasteiger partial charge < -0.3 is 5.32 Å². The van der Waals surface area contributed by atoms with Crippen molar-refractivity contribution in [1.29, 1.82) is 0 Å². The summed E-state index contributed by atoms with van der Waals surface area (Å²) in [7, 11) is 0.